The molecule has 5 heteroatoms. The van der Waals surface area contributed by atoms with E-state index in [1.807, 2.05) is 23.5 Å². The molecule has 17 heavy (non-hydrogen) atoms. The second-order valence-electron chi connectivity index (χ2n) is 4.02. The molecule has 0 aliphatic rings. The van der Waals surface area contributed by atoms with Crippen molar-refractivity contribution in [2.75, 3.05) is 18.6 Å². The van der Waals surface area contributed by atoms with Gasteiger partial charge in [-0.15, -0.1) is 0 Å². The predicted octanol–water partition coefficient (Wildman–Crippen LogP) is 3.35. The van der Waals surface area contributed by atoms with Crippen LogP contribution < -0.4 is 5.32 Å². The highest BCUT2D eigenvalue weighted by atomic mass is 35.5. The lowest BCUT2D eigenvalue weighted by molar-refractivity contribution is 0.524. The average Bonchev–Trinajstić information content (AvgIpc) is 2.68. The quantitative estimate of drug-likeness (QED) is 0.738. The van der Waals surface area contributed by atoms with Gasteiger partial charge in [-0.1, -0.05) is 25.4 Å². The summed E-state index contributed by atoms with van der Waals surface area (Å²) < 4.78 is 2.02. The van der Waals surface area contributed by atoms with Gasteiger partial charge in [0.15, 0.2) is 0 Å². The van der Waals surface area contributed by atoms with Crippen molar-refractivity contribution < 1.29 is 0 Å². The van der Waals surface area contributed by atoms with Crippen molar-refractivity contribution in [1.29, 1.82) is 0 Å². The smallest absolute Gasteiger partial charge is 0.0834 e. The van der Waals surface area contributed by atoms with E-state index in [9.17, 15) is 0 Å². The van der Waals surface area contributed by atoms with Crippen LogP contribution in [0.4, 0.5) is 0 Å². The molecule has 0 aromatic carbocycles. The van der Waals surface area contributed by atoms with Gasteiger partial charge >= 0.3 is 0 Å². The van der Waals surface area contributed by atoms with Crippen molar-refractivity contribution in [1.82, 2.24) is 15.1 Å². The molecule has 1 unspecified atom stereocenters. The molecule has 0 fully saturated rings. The summed E-state index contributed by atoms with van der Waals surface area (Å²) in [6.45, 7) is 5.29. The van der Waals surface area contributed by atoms with Crippen molar-refractivity contribution in [3.05, 3.63) is 16.9 Å². The third-order valence-corrected chi connectivity index (χ3v) is 4.14. The molecule has 0 bridgehead atoms. The summed E-state index contributed by atoms with van der Waals surface area (Å²) >= 11 is 8.19. The summed E-state index contributed by atoms with van der Waals surface area (Å²) in [5, 5.41) is 8.45. The van der Waals surface area contributed by atoms with Crippen molar-refractivity contribution in [2.45, 2.75) is 39.3 Å². The van der Waals surface area contributed by atoms with Crippen LogP contribution in [0.25, 0.3) is 0 Å². The van der Waals surface area contributed by atoms with Gasteiger partial charge < -0.3 is 5.32 Å². The SMILES string of the molecule is CCCSCC(NC)c1c(Cl)cnn1CCC. The zero-order chi connectivity index (χ0) is 12.7. The fourth-order valence-electron chi connectivity index (χ4n) is 1.75. The van der Waals surface area contributed by atoms with E-state index in [-0.39, 0.29) is 6.04 Å². The van der Waals surface area contributed by atoms with Gasteiger partial charge in [0.2, 0.25) is 0 Å². The molecule has 1 rings (SSSR count). The van der Waals surface area contributed by atoms with Crippen molar-refractivity contribution in [3.8, 4) is 0 Å². The second kappa shape index (κ2) is 8.01. The van der Waals surface area contributed by atoms with E-state index in [4.69, 9.17) is 11.6 Å². The number of thioether (sulfide) groups is 1. The average molecular weight is 276 g/mol. The summed E-state index contributed by atoms with van der Waals surface area (Å²) in [5.41, 5.74) is 1.12. The Morgan fingerprint density at radius 2 is 2.24 bits per heavy atom. The van der Waals surface area contributed by atoms with Crippen molar-refractivity contribution in [2.24, 2.45) is 0 Å². The van der Waals surface area contributed by atoms with Crippen LogP contribution in [0, 0.1) is 0 Å². The van der Waals surface area contributed by atoms with Gasteiger partial charge in [-0.3, -0.25) is 4.68 Å². The number of aryl methyl sites for hydroxylation is 1. The standard InChI is InChI=1S/C12H22ClN3S/c1-4-6-16-12(10(13)8-15-16)11(14-3)9-17-7-5-2/h8,11,14H,4-7,9H2,1-3H3. The third kappa shape index (κ3) is 4.19. The summed E-state index contributed by atoms with van der Waals surface area (Å²) in [5.74, 6) is 2.23. The summed E-state index contributed by atoms with van der Waals surface area (Å²) in [4.78, 5) is 0. The lowest BCUT2D eigenvalue weighted by atomic mass is 10.2. The molecule has 1 aromatic rings. The van der Waals surface area contributed by atoms with Crippen LogP contribution in [-0.2, 0) is 6.54 Å². The highest BCUT2D eigenvalue weighted by Crippen LogP contribution is 2.25. The molecule has 1 N–H and O–H groups in total. The van der Waals surface area contributed by atoms with Gasteiger partial charge in [0, 0.05) is 12.3 Å². The minimum atomic E-state index is 0.285. The maximum Gasteiger partial charge on any atom is 0.0834 e. The summed E-state index contributed by atoms with van der Waals surface area (Å²) in [6, 6.07) is 0.285. The molecule has 98 valence electrons. The van der Waals surface area contributed by atoms with Gasteiger partial charge in [-0.05, 0) is 25.6 Å². The Labute approximate surface area is 113 Å². The van der Waals surface area contributed by atoms with Crippen LogP contribution in [0.3, 0.4) is 0 Å². The normalized spacial score (nSPS) is 12.9. The first-order chi connectivity index (χ1) is 8.24. The number of hydrogen-bond acceptors (Lipinski definition) is 3. The highest BCUT2D eigenvalue weighted by molar-refractivity contribution is 7.99. The Balaban J connectivity index is 2.75. The van der Waals surface area contributed by atoms with Gasteiger partial charge in [0.25, 0.3) is 0 Å². The highest BCUT2D eigenvalue weighted by Gasteiger charge is 2.18. The number of nitrogens with zero attached hydrogens (tertiary/aromatic N) is 2. The van der Waals surface area contributed by atoms with Crippen LogP contribution >= 0.6 is 23.4 Å². The molecule has 1 heterocycles. The maximum atomic E-state index is 6.23. The number of halogens is 1. The number of hydrogen-bond donors (Lipinski definition) is 1. The predicted molar refractivity (Wildman–Crippen MR) is 76.9 cm³/mol. The maximum absolute atomic E-state index is 6.23. The lowest BCUT2D eigenvalue weighted by Crippen LogP contribution is -2.23. The van der Waals surface area contributed by atoms with Crippen LogP contribution in [-0.4, -0.2) is 28.3 Å². The molecule has 1 aromatic heterocycles. The largest absolute Gasteiger partial charge is 0.311 e. The van der Waals surface area contributed by atoms with E-state index >= 15 is 0 Å². The van der Waals surface area contributed by atoms with E-state index in [2.05, 4.69) is 24.3 Å². The van der Waals surface area contributed by atoms with E-state index < -0.39 is 0 Å². The molecule has 0 aliphatic heterocycles. The van der Waals surface area contributed by atoms with E-state index in [0.29, 0.717) is 0 Å². The zero-order valence-corrected chi connectivity index (χ0v) is 12.4. The van der Waals surface area contributed by atoms with Crippen molar-refractivity contribution in [3.63, 3.8) is 0 Å². The van der Waals surface area contributed by atoms with Gasteiger partial charge in [-0.2, -0.15) is 16.9 Å². The number of aromatic nitrogens is 2. The first-order valence-corrected chi connectivity index (χ1v) is 7.74. The fraction of sp³-hybridized carbons (Fsp3) is 0.750. The lowest BCUT2D eigenvalue weighted by Gasteiger charge is -2.18. The molecule has 3 nitrogen and oxygen atoms in total. The van der Waals surface area contributed by atoms with Gasteiger partial charge in [-0.25, -0.2) is 0 Å². The van der Waals surface area contributed by atoms with Crippen LogP contribution in [0.1, 0.15) is 38.4 Å². The Morgan fingerprint density at radius 3 is 2.82 bits per heavy atom. The molecule has 1 atom stereocenters. The molecule has 0 aliphatic carbocycles. The second-order valence-corrected chi connectivity index (χ2v) is 5.57. The topological polar surface area (TPSA) is 29.9 Å². The Hall–Kier alpha value is -0.190. The van der Waals surface area contributed by atoms with E-state index in [0.717, 1.165) is 29.4 Å². The first-order valence-electron chi connectivity index (χ1n) is 6.20. The van der Waals surface area contributed by atoms with Crippen LogP contribution in [0.15, 0.2) is 6.20 Å². The van der Waals surface area contributed by atoms with Gasteiger partial charge in [0.05, 0.1) is 23.0 Å². The summed E-state index contributed by atoms with van der Waals surface area (Å²) in [7, 11) is 1.98. The van der Waals surface area contributed by atoms with Gasteiger partial charge in [0.1, 0.15) is 0 Å². The molecule has 0 radical (unpaired) electrons. The first kappa shape index (κ1) is 14.9. The van der Waals surface area contributed by atoms with Crippen molar-refractivity contribution >= 4 is 23.4 Å². The van der Waals surface area contributed by atoms with Crippen LogP contribution in [0.5, 0.6) is 0 Å². The fourth-order valence-corrected chi connectivity index (χ4v) is 3.04. The minimum absolute atomic E-state index is 0.285. The molecule has 0 amide bonds. The minimum Gasteiger partial charge on any atom is -0.311 e. The zero-order valence-electron chi connectivity index (χ0n) is 10.9. The third-order valence-electron chi connectivity index (χ3n) is 2.58. The Morgan fingerprint density at radius 1 is 1.47 bits per heavy atom. The molecule has 0 saturated carbocycles. The van der Waals surface area contributed by atoms with E-state index in [1.54, 1.807) is 6.20 Å². The number of rotatable bonds is 8. The molecular weight excluding hydrogens is 254 g/mol. The monoisotopic (exact) mass is 275 g/mol. The Bertz CT molecular complexity index is 328. The number of nitrogens with one attached hydrogen (secondary N) is 1. The summed E-state index contributed by atoms with van der Waals surface area (Å²) in [6.07, 6.45) is 4.04. The van der Waals surface area contributed by atoms with E-state index in [1.165, 1.54) is 12.2 Å². The molecular formula is C12H22ClN3S. The molecule has 0 saturated heterocycles. The van der Waals surface area contributed by atoms with Crippen LogP contribution in [0.2, 0.25) is 5.02 Å². The Kier molecular flexibility index (Phi) is 7.00. The molecule has 0 spiro atoms.